The third-order valence-corrected chi connectivity index (χ3v) is 4.91. The van der Waals surface area contributed by atoms with Crippen LogP contribution >= 0.6 is 0 Å². The van der Waals surface area contributed by atoms with Crippen molar-refractivity contribution in [3.63, 3.8) is 0 Å². The van der Waals surface area contributed by atoms with E-state index in [1.165, 1.54) is 25.1 Å². The largest absolute Gasteiger partial charge is 0.497 e. The highest BCUT2D eigenvalue weighted by molar-refractivity contribution is 6.15. The number of rotatable bonds is 7. The molecule has 0 bridgehead atoms. The maximum atomic E-state index is 13.9. The van der Waals surface area contributed by atoms with E-state index in [1.54, 1.807) is 61.7 Å². The standard InChI is InChI=1S/C25H21FN2O5/c1-15(32-21-10-6-4-8-19(21)26)24(29)28-22-18-7-3-5-9-20(18)33-23(22)25(30)27-16-11-13-17(31-2)14-12-16/h3-15H,1-2H3,(H,27,30)(H,28,29)/t15-/m0/s1. The molecule has 3 aromatic carbocycles. The third kappa shape index (κ3) is 4.79. The van der Waals surface area contributed by atoms with Gasteiger partial charge in [0.05, 0.1) is 7.11 Å². The summed E-state index contributed by atoms with van der Waals surface area (Å²) in [5.74, 6) is -1.16. The van der Waals surface area contributed by atoms with E-state index in [0.717, 1.165) is 0 Å². The molecule has 1 aromatic heterocycles. The molecule has 7 nitrogen and oxygen atoms in total. The smallest absolute Gasteiger partial charge is 0.293 e. The number of methoxy groups -OCH3 is 1. The van der Waals surface area contributed by atoms with Gasteiger partial charge in [-0.15, -0.1) is 0 Å². The number of amides is 2. The van der Waals surface area contributed by atoms with Gasteiger partial charge in [-0.25, -0.2) is 4.39 Å². The lowest BCUT2D eigenvalue weighted by Gasteiger charge is -2.15. The van der Waals surface area contributed by atoms with Gasteiger partial charge in [-0.2, -0.15) is 0 Å². The summed E-state index contributed by atoms with van der Waals surface area (Å²) in [6, 6.07) is 19.5. The lowest BCUT2D eigenvalue weighted by Crippen LogP contribution is -2.31. The molecule has 2 N–H and O–H groups in total. The van der Waals surface area contributed by atoms with Gasteiger partial charge in [-0.3, -0.25) is 9.59 Å². The number of halogens is 1. The highest BCUT2D eigenvalue weighted by Crippen LogP contribution is 2.32. The van der Waals surface area contributed by atoms with Crippen LogP contribution in [-0.2, 0) is 4.79 Å². The maximum absolute atomic E-state index is 13.9. The molecule has 0 saturated carbocycles. The minimum absolute atomic E-state index is 0.0466. The molecular formula is C25H21FN2O5. The van der Waals surface area contributed by atoms with Crippen molar-refractivity contribution >= 4 is 34.2 Å². The summed E-state index contributed by atoms with van der Waals surface area (Å²) in [5, 5.41) is 5.98. The molecule has 2 amide bonds. The Bertz CT molecular complexity index is 1300. The molecule has 0 saturated heterocycles. The van der Waals surface area contributed by atoms with E-state index in [0.29, 0.717) is 22.4 Å². The number of hydrogen-bond donors (Lipinski definition) is 2. The number of ether oxygens (including phenoxy) is 2. The monoisotopic (exact) mass is 448 g/mol. The number of carbonyl (C=O) groups is 2. The number of nitrogens with one attached hydrogen (secondary N) is 2. The molecule has 0 fully saturated rings. The summed E-state index contributed by atoms with van der Waals surface area (Å²) in [6.45, 7) is 1.49. The van der Waals surface area contributed by atoms with E-state index in [1.807, 2.05) is 0 Å². The molecule has 168 valence electrons. The summed E-state index contributed by atoms with van der Waals surface area (Å²) in [6.07, 6.45) is -1.03. The number of benzene rings is 3. The van der Waals surface area contributed by atoms with Crippen molar-refractivity contribution in [2.75, 3.05) is 17.7 Å². The number of carbonyl (C=O) groups excluding carboxylic acids is 2. The van der Waals surface area contributed by atoms with Crippen molar-refractivity contribution in [1.29, 1.82) is 0 Å². The quantitative estimate of drug-likeness (QED) is 0.404. The Labute approximate surface area is 189 Å². The molecule has 0 aliphatic carbocycles. The first-order valence-corrected chi connectivity index (χ1v) is 10.1. The topological polar surface area (TPSA) is 89.8 Å². The van der Waals surface area contributed by atoms with E-state index in [9.17, 15) is 14.0 Å². The minimum atomic E-state index is -1.03. The van der Waals surface area contributed by atoms with E-state index < -0.39 is 23.7 Å². The number of fused-ring (bicyclic) bond motifs is 1. The first kappa shape index (κ1) is 21.9. The molecule has 0 unspecified atom stereocenters. The van der Waals surface area contributed by atoms with Crippen LogP contribution in [-0.4, -0.2) is 25.0 Å². The Morgan fingerprint density at radius 3 is 2.36 bits per heavy atom. The van der Waals surface area contributed by atoms with Crippen LogP contribution in [0.5, 0.6) is 11.5 Å². The Kier molecular flexibility index (Phi) is 6.26. The molecule has 4 aromatic rings. The van der Waals surface area contributed by atoms with E-state index in [2.05, 4.69) is 10.6 Å². The fourth-order valence-electron chi connectivity index (χ4n) is 3.20. The Morgan fingerprint density at radius 1 is 0.939 bits per heavy atom. The average Bonchev–Trinajstić information content (AvgIpc) is 3.19. The Morgan fingerprint density at radius 2 is 1.64 bits per heavy atom. The number of para-hydroxylation sites is 2. The molecule has 33 heavy (non-hydrogen) atoms. The molecule has 8 heteroatoms. The second kappa shape index (κ2) is 9.44. The average molecular weight is 448 g/mol. The van der Waals surface area contributed by atoms with E-state index in [4.69, 9.17) is 13.9 Å². The molecule has 1 heterocycles. The van der Waals surface area contributed by atoms with Crippen molar-refractivity contribution in [2.24, 2.45) is 0 Å². The molecule has 0 aliphatic heterocycles. The normalized spacial score (nSPS) is 11.6. The van der Waals surface area contributed by atoms with Crippen LogP contribution in [0.3, 0.4) is 0 Å². The number of furan rings is 1. The molecule has 0 spiro atoms. The summed E-state index contributed by atoms with van der Waals surface area (Å²) in [4.78, 5) is 25.8. The predicted molar refractivity (Wildman–Crippen MR) is 122 cm³/mol. The minimum Gasteiger partial charge on any atom is -0.497 e. The zero-order valence-corrected chi connectivity index (χ0v) is 17.9. The van der Waals surface area contributed by atoms with Gasteiger partial charge in [-0.1, -0.05) is 24.3 Å². The van der Waals surface area contributed by atoms with Gasteiger partial charge in [0.25, 0.3) is 11.8 Å². The lowest BCUT2D eigenvalue weighted by atomic mass is 10.2. The molecule has 0 aliphatic rings. The predicted octanol–water partition coefficient (Wildman–Crippen LogP) is 5.24. The van der Waals surface area contributed by atoms with Crippen LogP contribution in [0.2, 0.25) is 0 Å². The molecule has 0 radical (unpaired) electrons. The second-order valence-electron chi connectivity index (χ2n) is 7.16. The van der Waals surface area contributed by atoms with Crippen molar-refractivity contribution in [3.05, 3.63) is 84.4 Å². The zero-order valence-electron chi connectivity index (χ0n) is 17.9. The van der Waals surface area contributed by atoms with Crippen LogP contribution in [0.1, 0.15) is 17.5 Å². The number of hydrogen-bond acceptors (Lipinski definition) is 5. The highest BCUT2D eigenvalue weighted by atomic mass is 19.1. The van der Waals surface area contributed by atoms with Crippen LogP contribution < -0.4 is 20.1 Å². The highest BCUT2D eigenvalue weighted by Gasteiger charge is 2.25. The fraction of sp³-hybridized carbons (Fsp3) is 0.120. The lowest BCUT2D eigenvalue weighted by molar-refractivity contribution is -0.122. The maximum Gasteiger partial charge on any atom is 0.293 e. The van der Waals surface area contributed by atoms with Crippen molar-refractivity contribution in [1.82, 2.24) is 0 Å². The first-order chi connectivity index (χ1) is 16.0. The van der Waals surface area contributed by atoms with Gasteiger partial charge in [-0.05, 0) is 55.5 Å². The van der Waals surface area contributed by atoms with Crippen LogP contribution in [0.4, 0.5) is 15.8 Å². The summed E-state index contributed by atoms with van der Waals surface area (Å²) in [7, 11) is 1.55. The van der Waals surface area contributed by atoms with Gasteiger partial charge in [0, 0.05) is 11.1 Å². The Balaban J connectivity index is 1.58. The van der Waals surface area contributed by atoms with Gasteiger partial charge >= 0.3 is 0 Å². The van der Waals surface area contributed by atoms with Crippen LogP contribution in [0, 0.1) is 5.82 Å². The van der Waals surface area contributed by atoms with Crippen molar-refractivity contribution in [3.8, 4) is 11.5 Å². The Hall–Kier alpha value is -4.33. The summed E-state index contributed by atoms with van der Waals surface area (Å²) < 4.78 is 30.2. The molecular weight excluding hydrogens is 427 g/mol. The van der Waals surface area contributed by atoms with Crippen molar-refractivity contribution < 1.29 is 27.9 Å². The summed E-state index contributed by atoms with van der Waals surface area (Å²) in [5.41, 5.74) is 1.15. The van der Waals surface area contributed by atoms with Gasteiger partial charge < -0.3 is 24.5 Å². The van der Waals surface area contributed by atoms with E-state index >= 15 is 0 Å². The number of anilines is 2. The summed E-state index contributed by atoms with van der Waals surface area (Å²) >= 11 is 0. The SMILES string of the molecule is COc1ccc(NC(=O)c2oc3ccccc3c2NC(=O)[C@H](C)Oc2ccccc2F)cc1. The van der Waals surface area contributed by atoms with Gasteiger partial charge in [0.2, 0.25) is 5.76 Å². The molecule has 1 atom stereocenters. The van der Waals surface area contributed by atoms with Gasteiger partial charge in [0.15, 0.2) is 17.7 Å². The first-order valence-electron chi connectivity index (χ1n) is 10.1. The second-order valence-corrected chi connectivity index (χ2v) is 7.16. The van der Waals surface area contributed by atoms with Crippen LogP contribution in [0.15, 0.2) is 77.2 Å². The van der Waals surface area contributed by atoms with Crippen LogP contribution in [0.25, 0.3) is 11.0 Å². The third-order valence-electron chi connectivity index (χ3n) is 4.91. The zero-order chi connectivity index (χ0) is 23.4. The molecule has 4 rings (SSSR count). The van der Waals surface area contributed by atoms with E-state index in [-0.39, 0.29) is 17.2 Å². The van der Waals surface area contributed by atoms with Crippen molar-refractivity contribution in [2.45, 2.75) is 13.0 Å². The van der Waals surface area contributed by atoms with Gasteiger partial charge in [0.1, 0.15) is 17.0 Å². The fourth-order valence-corrected chi connectivity index (χ4v) is 3.20.